The molecule has 0 saturated carbocycles. The van der Waals surface area contributed by atoms with E-state index in [0.717, 1.165) is 55.5 Å². The molecule has 116 valence electrons. The maximum atomic E-state index is 9.55. The average Bonchev–Trinajstić information content (AvgIpc) is 2.51. The zero-order chi connectivity index (χ0) is 15.5. The molecule has 0 aliphatic carbocycles. The van der Waals surface area contributed by atoms with Crippen molar-refractivity contribution in [1.82, 2.24) is 14.9 Å². The van der Waals surface area contributed by atoms with Gasteiger partial charge in [-0.25, -0.2) is 4.98 Å². The van der Waals surface area contributed by atoms with Gasteiger partial charge in [0.05, 0.1) is 11.4 Å². The predicted octanol–water partition coefficient (Wildman–Crippen LogP) is 2.12. The van der Waals surface area contributed by atoms with Gasteiger partial charge in [-0.3, -0.25) is 9.88 Å². The molecule has 0 unspecified atom stereocenters. The highest BCUT2D eigenvalue weighted by atomic mass is 16.3. The molecule has 5 heteroatoms. The summed E-state index contributed by atoms with van der Waals surface area (Å²) in [5.41, 5.74) is 3.11. The molecule has 2 heterocycles. The Kier molecular flexibility index (Phi) is 4.24. The van der Waals surface area contributed by atoms with Gasteiger partial charge in [-0.15, -0.1) is 0 Å². The Balaban J connectivity index is 1.61. The van der Waals surface area contributed by atoms with Crippen LogP contribution in [0.15, 0.2) is 30.5 Å². The highest BCUT2D eigenvalue weighted by Gasteiger charge is 2.20. The van der Waals surface area contributed by atoms with Crippen LogP contribution in [0.2, 0.25) is 0 Å². The van der Waals surface area contributed by atoms with Crippen LogP contribution in [0.5, 0.6) is 5.75 Å². The third-order valence-corrected chi connectivity index (χ3v) is 4.04. The fourth-order valence-corrected chi connectivity index (χ4v) is 2.86. The molecule has 1 saturated heterocycles. The summed E-state index contributed by atoms with van der Waals surface area (Å²) in [7, 11) is 0. The number of hydrogen-bond acceptors (Lipinski definition) is 5. The molecule has 0 radical (unpaired) electrons. The Morgan fingerprint density at radius 2 is 1.91 bits per heavy atom. The molecular weight excluding hydrogens is 276 g/mol. The fourth-order valence-electron chi connectivity index (χ4n) is 2.86. The van der Waals surface area contributed by atoms with Crippen LogP contribution in [0.25, 0.3) is 0 Å². The smallest absolute Gasteiger partial charge is 0.150 e. The maximum absolute atomic E-state index is 9.55. The minimum Gasteiger partial charge on any atom is -0.508 e. The quantitative estimate of drug-likeness (QED) is 0.940. The van der Waals surface area contributed by atoms with Gasteiger partial charge in [0.25, 0.3) is 0 Å². The Labute approximate surface area is 131 Å². The standard InChI is InChI=1S/C17H22N4O/c1-13-11-18-14(2)17(19-13)21-8-6-20(7-9-21)12-15-4-3-5-16(22)10-15/h3-5,10-11,22H,6-9,12H2,1-2H3. The van der Waals surface area contributed by atoms with Crippen molar-refractivity contribution >= 4 is 5.82 Å². The first-order valence-electron chi connectivity index (χ1n) is 7.67. The molecule has 1 aromatic carbocycles. The molecular formula is C17H22N4O. The minimum atomic E-state index is 0.335. The Morgan fingerprint density at radius 3 is 2.64 bits per heavy atom. The van der Waals surface area contributed by atoms with Crippen molar-refractivity contribution in [2.75, 3.05) is 31.1 Å². The van der Waals surface area contributed by atoms with Crippen LogP contribution >= 0.6 is 0 Å². The van der Waals surface area contributed by atoms with Gasteiger partial charge < -0.3 is 10.0 Å². The normalized spacial score (nSPS) is 16.0. The number of hydrogen-bond donors (Lipinski definition) is 1. The number of aryl methyl sites for hydroxylation is 2. The monoisotopic (exact) mass is 298 g/mol. The molecule has 3 rings (SSSR count). The second-order valence-electron chi connectivity index (χ2n) is 5.85. The summed E-state index contributed by atoms with van der Waals surface area (Å²) < 4.78 is 0. The summed E-state index contributed by atoms with van der Waals surface area (Å²) in [5, 5.41) is 9.55. The van der Waals surface area contributed by atoms with E-state index in [1.54, 1.807) is 6.07 Å². The van der Waals surface area contributed by atoms with Crippen LogP contribution in [-0.2, 0) is 6.54 Å². The van der Waals surface area contributed by atoms with Crippen LogP contribution in [0.3, 0.4) is 0 Å². The van der Waals surface area contributed by atoms with Gasteiger partial charge in [-0.1, -0.05) is 12.1 Å². The third kappa shape index (κ3) is 3.36. The molecule has 5 nitrogen and oxygen atoms in total. The second kappa shape index (κ2) is 6.32. The van der Waals surface area contributed by atoms with Crippen LogP contribution in [0.1, 0.15) is 17.0 Å². The summed E-state index contributed by atoms with van der Waals surface area (Å²) in [6.45, 7) is 8.76. The van der Waals surface area contributed by atoms with Crippen LogP contribution in [0, 0.1) is 13.8 Å². The van der Waals surface area contributed by atoms with E-state index in [0.29, 0.717) is 5.75 Å². The van der Waals surface area contributed by atoms with Gasteiger partial charge in [0.1, 0.15) is 11.6 Å². The molecule has 1 N–H and O–H groups in total. The van der Waals surface area contributed by atoms with Gasteiger partial charge >= 0.3 is 0 Å². The number of rotatable bonds is 3. The first-order chi connectivity index (χ1) is 10.6. The number of benzene rings is 1. The summed E-state index contributed by atoms with van der Waals surface area (Å²) >= 11 is 0. The lowest BCUT2D eigenvalue weighted by molar-refractivity contribution is 0.249. The van der Waals surface area contributed by atoms with Crippen LogP contribution in [-0.4, -0.2) is 46.2 Å². The van der Waals surface area contributed by atoms with Crippen molar-refractivity contribution in [3.05, 3.63) is 47.4 Å². The van der Waals surface area contributed by atoms with Crippen LogP contribution < -0.4 is 4.90 Å². The highest BCUT2D eigenvalue weighted by Crippen LogP contribution is 2.19. The molecule has 0 spiro atoms. The number of anilines is 1. The summed E-state index contributed by atoms with van der Waals surface area (Å²) in [6, 6.07) is 7.50. The number of aromatic nitrogens is 2. The average molecular weight is 298 g/mol. The molecule has 1 aliphatic heterocycles. The first kappa shape index (κ1) is 14.8. The molecule has 1 fully saturated rings. The summed E-state index contributed by atoms with van der Waals surface area (Å²) in [6.07, 6.45) is 1.82. The molecule has 0 bridgehead atoms. The third-order valence-electron chi connectivity index (χ3n) is 4.04. The van der Waals surface area contributed by atoms with E-state index in [-0.39, 0.29) is 0 Å². The molecule has 0 atom stereocenters. The van der Waals surface area contributed by atoms with E-state index >= 15 is 0 Å². The van der Waals surface area contributed by atoms with Gasteiger partial charge in [0.15, 0.2) is 0 Å². The van der Waals surface area contributed by atoms with E-state index in [1.807, 2.05) is 32.2 Å². The van der Waals surface area contributed by atoms with E-state index < -0.39 is 0 Å². The Hall–Kier alpha value is -2.14. The molecule has 1 aliphatic rings. The number of aromatic hydroxyl groups is 1. The van der Waals surface area contributed by atoms with E-state index in [4.69, 9.17) is 0 Å². The molecule has 0 amide bonds. The Morgan fingerprint density at radius 1 is 1.14 bits per heavy atom. The number of piperazine rings is 1. The lowest BCUT2D eigenvalue weighted by Gasteiger charge is -2.35. The second-order valence-corrected chi connectivity index (χ2v) is 5.85. The van der Waals surface area contributed by atoms with Gasteiger partial charge in [-0.2, -0.15) is 0 Å². The topological polar surface area (TPSA) is 52.5 Å². The van der Waals surface area contributed by atoms with Crippen molar-refractivity contribution < 1.29 is 5.11 Å². The van der Waals surface area contributed by atoms with Gasteiger partial charge in [-0.05, 0) is 31.5 Å². The highest BCUT2D eigenvalue weighted by molar-refractivity contribution is 5.43. The zero-order valence-electron chi connectivity index (χ0n) is 13.2. The predicted molar refractivity (Wildman–Crippen MR) is 87.1 cm³/mol. The van der Waals surface area contributed by atoms with Crippen molar-refractivity contribution in [2.45, 2.75) is 20.4 Å². The lowest BCUT2D eigenvalue weighted by atomic mass is 10.2. The first-order valence-corrected chi connectivity index (χ1v) is 7.67. The van der Waals surface area contributed by atoms with Crippen molar-refractivity contribution in [3.63, 3.8) is 0 Å². The largest absolute Gasteiger partial charge is 0.508 e. The maximum Gasteiger partial charge on any atom is 0.150 e. The molecule has 2 aromatic rings. The van der Waals surface area contributed by atoms with E-state index in [2.05, 4.69) is 25.8 Å². The van der Waals surface area contributed by atoms with Gasteiger partial charge in [0, 0.05) is 38.9 Å². The van der Waals surface area contributed by atoms with Crippen LogP contribution in [0.4, 0.5) is 5.82 Å². The van der Waals surface area contributed by atoms with Crippen molar-refractivity contribution in [3.8, 4) is 5.75 Å². The summed E-state index contributed by atoms with van der Waals surface area (Å²) in [4.78, 5) is 13.8. The van der Waals surface area contributed by atoms with Gasteiger partial charge in [0.2, 0.25) is 0 Å². The SMILES string of the molecule is Cc1cnc(C)c(N2CCN(Cc3cccc(O)c3)CC2)n1. The number of phenols is 1. The molecule has 1 aromatic heterocycles. The zero-order valence-corrected chi connectivity index (χ0v) is 13.2. The van der Waals surface area contributed by atoms with E-state index in [1.165, 1.54) is 0 Å². The van der Waals surface area contributed by atoms with Crippen molar-refractivity contribution in [2.24, 2.45) is 0 Å². The Bertz CT molecular complexity index is 651. The van der Waals surface area contributed by atoms with E-state index in [9.17, 15) is 5.11 Å². The minimum absolute atomic E-state index is 0.335. The number of nitrogens with zero attached hydrogens (tertiary/aromatic N) is 4. The lowest BCUT2D eigenvalue weighted by Crippen LogP contribution is -2.46. The number of phenolic OH excluding ortho intramolecular Hbond substituents is 1. The summed E-state index contributed by atoms with van der Waals surface area (Å²) in [5.74, 6) is 1.35. The molecule has 22 heavy (non-hydrogen) atoms. The fraction of sp³-hybridized carbons (Fsp3) is 0.412. The van der Waals surface area contributed by atoms with Crippen molar-refractivity contribution in [1.29, 1.82) is 0 Å².